The third-order valence-electron chi connectivity index (χ3n) is 6.96. The second-order valence-corrected chi connectivity index (χ2v) is 11.6. The van der Waals surface area contributed by atoms with Gasteiger partial charge >= 0.3 is 0 Å². The first-order valence-electron chi connectivity index (χ1n) is 11.1. The first kappa shape index (κ1) is 21.0. The Kier molecular flexibility index (Phi) is 6.11. The van der Waals surface area contributed by atoms with Gasteiger partial charge in [-0.25, -0.2) is 0 Å². The molecule has 2 heterocycles. The molecule has 2 fully saturated rings. The predicted molar refractivity (Wildman–Crippen MR) is 124 cm³/mol. The zero-order valence-electron chi connectivity index (χ0n) is 17.9. The molecule has 2 aliphatic rings. The van der Waals surface area contributed by atoms with Gasteiger partial charge in [0.05, 0.1) is 0 Å². The van der Waals surface area contributed by atoms with Crippen LogP contribution in [0.1, 0.15) is 57.1 Å². The van der Waals surface area contributed by atoms with Crippen LogP contribution in [0.15, 0.2) is 60.7 Å². The number of piperidine rings is 1. The van der Waals surface area contributed by atoms with E-state index in [1.807, 2.05) is 36.4 Å². The van der Waals surface area contributed by atoms with Crippen LogP contribution in [-0.4, -0.2) is 40.1 Å². The topological polar surface area (TPSA) is 23.5 Å². The molecular formula is C26H35NOS. The lowest BCUT2D eigenvalue weighted by Crippen LogP contribution is -2.49. The fourth-order valence-electron chi connectivity index (χ4n) is 5.64. The normalized spacial score (nSPS) is 25.2. The van der Waals surface area contributed by atoms with E-state index in [0.717, 1.165) is 30.6 Å². The fraction of sp³-hybridized carbons (Fsp3) is 0.538. The van der Waals surface area contributed by atoms with Crippen LogP contribution in [-0.2, 0) is 5.60 Å². The van der Waals surface area contributed by atoms with Gasteiger partial charge in [-0.2, -0.15) is 11.8 Å². The van der Waals surface area contributed by atoms with Crippen LogP contribution >= 0.6 is 11.8 Å². The quantitative estimate of drug-likeness (QED) is 0.685. The minimum absolute atomic E-state index is 0.399. The Balaban J connectivity index is 1.51. The average molecular weight is 410 g/mol. The van der Waals surface area contributed by atoms with Gasteiger partial charge < -0.3 is 10.0 Å². The van der Waals surface area contributed by atoms with Crippen molar-refractivity contribution in [2.75, 3.05) is 25.4 Å². The van der Waals surface area contributed by atoms with Gasteiger partial charge in [-0.05, 0) is 60.9 Å². The van der Waals surface area contributed by atoms with Crippen LogP contribution in [0.3, 0.4) is 0 Å². The molecule has 0 unspecified atom stereocenters. The summed E-state index contributed by atoms with van der Waals surface area (Å²) in [5.41, 5.74) is 1.53. The molecule has 0 amide bonds. The van der Waals surface area contributed by atoms with E-state index in [2.05, 4.69) is 54.8 Å². The summed E-state index contributed by atoms with van der Waals surface area (Å²) in [4.78, 5) is 2.63. The lowest BCUT2D eigenvalue weighted by Gasteiger charge is -2.50. The molecule has 0 aromatic heterocycles. The smallest absolute Gasteiger partial charge is 0.116 e. The molecule has 4 rings (SSSR count). The molecule has 1 N–H and O–H groups in total. The van der Waals surface area contributed by atoms with E-state index in [1.54, 1.807) is 0 Å². The number of benzene rings is 2. The summed E-state index contributed by atoms with van der Waals surface area (Å²) >= 11 is 2.14. The molecule has 0 bridgehead atoms. The largest absolute Gasteiger partial charge is 0.380 e. The Morgan fingerprint density at radius 3 is 2.17 bits per heavy atom. The van der Waals surface area contributed by atoms with Gasteiger partial charge in [-0.15, -0.1) is 0 Å². The molecule has 0 radical (unpaired) electrons. The standard InChI is InChI=1S/C26H35NOS/c1-24(2)20-25(16-19-29-24)14-9-17-27(21-25)18-15-26(28,22-10-5-3-6-11-22)23-12-7-4-8-13-23/h3-8,10-13,28H,9,14-21H2,1-2H3/t25-/m0/s1. The predicted octanol–water partition coefficient (Wildman–Crippen LogP) is 5.70. The van der Waals surface area contributed by atoms with E-state index < -0.39 is 5.60 Å². The van der Waals surface area contributed by atoms with E-state index >= 15 is 0 Å². The number of hydrogen-bond donors (Lipinski definition) is 1. The van der Waals surface area contributed by atoms with Gasteiger partial charge in [0, 0.05) is 17.8 Å². The Bertz CT molecular complexity index is 747. The van der Waals surface area contributed by atoms with Crippen LogP contribution in [0.25, 0.3) is 0 Å². The molecule has 0 aliphatic carbocycles. The molecule has 0 saturated carbocycles. The highest BCUT2D eigenvalue weighted by Gasteiger charge is 2.43. The molecule has 2 aromatic rings. The molecule has 3 heteroatoms. The Morgan fingerprint density at radius 1 is 0.966 bits per heavy atom. The molecule has 2 nitrogen and oxygen atoms in total. The van der Waals surface area contributed by atoms with E-state index in [9.17, 15) is 5.11 Å². The van der Waals surface area contributed by atoms with Crippen molar-refractivity contribution in [2.45, 2.75) is 56.3 Å². The third-order valence-corrected chi connectivity index (χ3v) is 8.29. The highest BCUT2D eigenvalue weighted by molar-refractivity contribution is 8.00. The summed E-state index contributed by atoms with van der Waals surface area (Å²) < 4.78 is 0.399. The van der Waals surface area contributed by atoms with Crippen molar-refractivity contribution < 1.29 is 5.11 Å². The summed E-state index contributed by atoms with van der Waals surface area (Å²) in [6, 6.07) is 20.4. The number of rotatable bonds is 5. The summed E-state index contributed by atoms with van der Waals surface area (Å²) in [7, 11) is 0. The zero-order chi connectivity index (χ0) is 20.4. The first-order chi connectivity index (χ1) is 13.9. The first-order valence-corrected chi connectivity index (χ1v) is 12.1. The van der Waals surface area contributed by atoms with Crippen LogP contribution < -0.4 is 0 Å². The van der Waals surface area contributed by atoms with Crippen LogP contribution in [0.4, 0.5) is 0 Å². The molecule has 2 aliphatic heterocycles. The van der Waals surface area contributed by atoms with E-state index in [4.69, 9.17) is 0 Å². The maximum absolute atomic E-state index is 11.8. The maximum Gasteiger partial charge on any atom is 0.116 e. The molecule has 156 valence electrons. The van der Waals surface area contributed by atoms with Crippen molar-refractivity contribution >= 4 is 11.8 Å². The van der Waals surface area contributed by atoms with Crippen LogP contribution in [0.2, 0.25) is 0 Å². The van der Waals surface area contributed by atoms with Gasteiger partial charge in [0.2, 0.25) is 0 Å². The van der Waals surface area contributed by atoms with Gasteiger partial charge in [-0.3, -0.25) is 0 Å². The molecular weight excluding hydrogens is 374 g/mol. The number of nitrogens with zero attached hydrogens (tertiary/aromatic N) is 1. The van der Waals surface area contributed by atoms with Crippen LogP contribution in [0.5, 0.6) is 0 Å². The van der Waals surface area contributed by atoms with E-state index in [1.165, 1.54) is 38.0 Å². The summed E-state index contributed by atoms with van der Waals surface area (Å²) in [5.74, 6) is 1.29. The van der Waals surface area contributed by atoms with E-state index in [-0.39, 0.29) is 0 Å². The highest BCUT2D eigenvalue weighted by atomic mass is 32.2. The second-order valence-electron chi connectivity index (χ2n) is 9.76. The Labute approximate surface area is 180 Å². The minimum Gasteiger partial charge on any atom is -0.380 e. The van der Waals surface area contributed by atoms with Gasteiger partial charge in [0.1, 0.15) is 5.60 Å². The van der Waals surface area contributed by atoms with Crippen molar-refractivity contribution in [3.05, 3.63) is 71.8 Å². The number of aliphatic hydroxyl groups is 1. The monoisotopic (exact) mass is 409 g/mol. The number of likely N-dealkylation sites (tertiary alicyclic amines) is 1. The molecule has 29 heavy (non-hydrogen) atoms. The lowest BCUT2D eigenvalue weighted by atomic mass is 9.71. The SMILES string of the molecule is CC1(C)C[C@]2(CCCN(CCC(O)(c3ccccc3)c3ccccc3)C2)CCS1. The van der Waals surface area contributed by atoms with Crippen molar-refractivity contribution in [1.82, 2.24) is 4.90 Å². The summed E-state index contributed by atoms with van der Waals surface area (Å²) in [6.07, 6.45) is 6.06. The van der Waals surface area contributed by atoms with Crippen LogP contribution in [0, 0.1) is 5.41 Å². The van der Waals surface area contributed by atoms with E-state index in [0.29, 0.717) is 10.2 Å². The van der Waals surface area contributed by atoms with Gasteiger partial charge in [0.15, 0.2) is 0 Å². The maximum atomic E-state index is 11.8. The molecule has 2 aromatic carbocycles. The van der Waals surface area contributed by atoms with Crippen molar-refractivity contribution in [3.8, 4) is 0 Å². The summed E-state index contributed by atoms with van der Waals surface area (Å²) in [5, 5.41) is 11.8. The van der Waals surface area contributed by atoms with Gasteiger partial charge in [0.25, 0.3) is 0 Å². The average Bonchev–Trinajstić information content (AvgIpc) is 2.72. The molecule has 2 saturated heterocycles. The minimum atomic E-state index is -0.936. The number of thioether (sulfide) groups is 1. The zero-order valence-corrected chi connectivity index (χ0v) is 18.8. The van der Waals surface area contributed by atoms with Crippen molar-refractivity contribution in [3.63, 3.8) is 0 Å². The Hall–Kier alpha value is -1.29. The van der Waals surface area contributed by atoms with Crippen molar-refractivity contribution in [1.29, 1.82) is 0 Å². The van der Waals surface area contributed by atoms with Crippen molar-refractivity contribution in [2.24, 2.45) is 5.41 Å². The number of hydrogen-bond acceptors (Lipinski definition) is 3. The Morgan fingerprint density at radius 2 is 1.59 bits per heavy atom. The molecule has 1 spiro atoms. The fourth-order valence-corrected chi connectivity index (χ4v) is 7.13. The third kappa shape index (κ3) is 4.73. The lowest BCUT2D eigenvalue weighted by molar-refractivity contribution is 0.0268. The van der Waals surface area contributed by atoms with Gasteiger partial charge in [-0.1, -0.05) is 74.5 Å². The second kappa shape index (κ2) is 8.45. The summed E-state index contributed by atoms with van der Waals surface area (Å²) in [6.45, 7) is 8.13. The highest BCUT2D eigenvalue weighted by Crippen LogP contribution is 2.50. The molecule has 1 atom stereocenters.